The van der Waals surface area contributed by atoms with Gasteiger partial charge in [-0.2, -0.15) is 0 Å². The molecule has 2 aromatic rings. The molecule has 0 saturated carbocycles. The lowest BCUT2D eigenvalue weighted by molar-refractivity contribution is -0.142. The van der Waals surface area contributed by atoms with Crippen molar-refractivity contribution < 1.29 is 28.7 Å². The Bertz CT molecular complexity index is 1290. The summed E-state index contributed by atoms with van der Waals surface area (Å²) < 4.78 is 10.6. The average molecular weight is 493 g/mol. The summed E-state index contributed by atoms with van der Waals surface area (Å²) in [4.78, 5) is 53.9. The molecule has 3 aliphatic rings. The predicted molar refractivity (Wildman–Crippen MR) is 129 cm³/mol. The molecule has 0 aliphatic carbocycles. The molecule has 0 bridgehead atoms. The van der Waals surface area contributed by atoms with E-state index in [0.717, 1.165) is 11.1 Å². The van der Waals surface area contributed by atoms with Gasteiger partial charge < -0.3 is 20.5 Å². The Labute approximate surface area is 208 Å². The standard InChI is InChI=1S/C26H28N4O6/c1-13-4-6-16-15(10-13)26(25(34)28-16)22-21(17(29-26)12-20(27)31)23(32)30(24(22)33)9-8-14-5-7-18(35-2)19(11-14)36-3/h4-7,10-11,17,21-22,29H,8-9,12H2,1-3H3,(H2,27,31)(H,28,34)/t17-,21-,22+,26-/m1/s1. The Morgan fingerprint density at radius 2 is 1.81 bits per heavy atom. The molecule has 3 heterocycles. The molecule has 0 aromatic heterocycles. The number of likely N-dealkylation sites (tertiary alicyclic amines) is 1. The van der Waals surface area contributed by atoms with Gasteiger partial charge in [0.2, 0.25) is 23.6 Å². The number of anilines is 1. The minimum absolute atomic E-state index is 0.127. The highest BCUT2D eigenvalue weighted by Gasteiger charge is 2.70. The monoisotopic (exact) mass is 492 g/mol. The summed E-state index contributed by atoms with van der Waals surface area (Å²) >= 11 is 0. The third kappa shape index (κ3) is 3.43. The molecule has 0 radical (unpaired) electrons. The van der Waals surface area contributed by atoms with Gasteiger partial charge in [-0.3, -0.25) is 29.4 Å². The van der Waals surface area contributed by atoms with E-state index in [2.05, 4.69) is 10.6 Å². The Balaban J connectivity index is 1.49. The van der Waals surface area contributed by atoms with Gasteiger partial charge in [0.1, 0.15) is 5.54 Å². The van der Waals surface area contributed by atoms with E-state index >= 15 is 0 Å². The second-order valence-corrected chi connectivity index (χ2v) is 9.50. The normalized spacial score (nSPS) is 26.2. The van der Waals surface area contributed by atoms with Crippen molar-refractivity contribution in [1.82, 2.24) is 10.2 Å². The zero-order chi connectivity index (χ0) is 25.8. The number of nitrogens with two attached hydrogens (primary N) is 1. The number of hydrogen-bond donors (Lipinski definition) is 3. The van der Waals surface area contributed by atoms with Crippen LogP contribution in [0.2, 0.25) is 0 Å². The molecule has 4 atom stereocenters. The predicted octanol–water partition coefficient (Wildman–Crippen LogP) is 0.851. The fourth-order valence-electron chi connectivity index (χ4n) is 5.86. The van der Waals surface area contributed by atoms with Crippen LogP contribution in [-0.4, -0.2) is 55.3 Å². The zero-order valence-electron chi connectivity index (χ0n) is 20.3. The van der Waals surface area contributed by atoms with Gasteiger partial charge in [-0.15, -0.1) is 0 Å². The second kappa shape index (κ2) is 8.63. The number of primary amides is 1. The largest absolute Gasteiger partial charge is 0.493 e. The number of carbonyl (C=O) groups is 4. The Morgan fingerprint density at radius 3 is 2.50 bits per heavy atom. The van der Waals surface area contributed by atoms with Gasteiger partial charge in [-0.25, -0.2) is 0 Å². The van der Waals surface area contributed by atoms with E-state index < -0.39 is 47.0 Å². The summed E-state index contributed by atoms with van der Waals surface area (Å²) in [5.41, 5.74) is 6.99. The number of aryl methyl sites for hydroxylation is 1. The summed E-state index contributed by atoms with van der Waals surface area (Å²) in [6.07, 6.45) is 0.222. The highest BCUT2D eigenvalue weighted by atomic mass is 16.5. The molecule has 2 aromatic carbocycles. The first-order valence-corrected chi connectivity index (χ1v) is 11.8. The van der Waals surface area contributed by atoms with Gasteiger partial charge in [0, 0.05) is 30.3 Å². The van der Waals surface area contributed by atoms with E-state index in [4.69, 9.17) is 15.2 Å². The van der Waals surface area contributed by atoms with Crippen molar-refractivity contribution in [3.05, 3.63) is 53.1 Å². The molecule has 188 valence electrons. The maximum absolute atomic E-state index is 13.8. The zero-order valence-corrected chi connectivity index (χ0v) is 20.3. The van der Waals surface area contributed by atoms with Gasteiger partial charge in [-0.05, 0) is 37.1 Å². The summed E-state index contributed by atoms with van der Waals surface area (Å²) in [7, 11) is 3.08. The first-order valence-electron chi connectivity index (χ1n) is 11.8. The lowest BCUT2D eigenvalue weighted by Crippen LogP contribution is -2.53. The fourth-order valence-corrected chi connectivity index (χ4v) is 5.86. The summed E-state index contributed by atoms with van der Waals surface area (Å²) in [5, 5.41) is 6.05. The fraction of sp³-hybridized carbons (Fsp3) is 0.385. The van der Waals surface area contributed by atoms with Gasteiger partial charge in [0.15, 0.2) is 11.5 Å². The lowest BCUT2D eigenvalue weighted by atomic mass is 9.76. The maximum atomic E-state index is 13.8. The van der Waals surface area contributed by atoms with Crippen LogP contribution in [0.3, 0.4) is 0 Å². The Morgan fingerprint density at radius 1 is 1.06 bits per heavy atom. The third-order valence-corrected chi connectivity index (χ3v) is 7.45. The van der Waals surface area contributed by atoms with Crippen LogP contribution >= 0.6 is 0 Å². The Hall–Kier alpha value is -3.92. The molecule has 2 fully saturated rings. The lowest BCUT2D eigenvalue weighted by Gasteiger charge is -2.29. The number of amides is 4. The van der Waals surface area contributed by atoms with E-state index in [0.29, 0.717) is 29.2 Å². The molecule has 10 nitrogen and oxygen atoms in total. The smallest absolute Gasteiger partial charge is 0.250 e. The van der Waals surface area contributed by atoms with Gasteiger partial charge in [0.05, 0.1) is 26.1 Å². The van der Waals surface area contributed by atoms with E-state index in [9.17, 15) is 19.2 Å². The van der Waals surface area contributed by atoms with Crippen LogP contribution in [0.1, 0.15) is 23.1 Å². The van der Waals surface area contributed by atoms with E-state index in [-0.39, 0.29) is 13.0 Å². The van der Waals surface area contributed by atoms with Crippen molar-refractivity contribution >= 4 is 29.3 Å². The number of carbonyl (C=O) groups excluding carboxylic acids is 4. The van der Waals surface area contributed by atoms with Crippen molar-refractivity contribution in [1.29, 1.82) is 0 Å². The first-order chi connectivity index (χ1) is 17.2. The molecular weight excluding hydrogens is 464 g/mol. The molecule has 36 heavy (non-hydrogen) atoms. The maximum Gasteiger partial charge on any atom is 0.250 e. The molecular formula is C26H28N4O6. The van der Waals surface area contributed by atoms with Crippen molar-refractivity contribution in [2.24, 2.45) is 17.6 Å². The highest BCUT2D eigenvalue weighted by molar-refractivity contribution is 6.15. The number of fused-ring (bicyclic) bond motifs is 4. The van der Waals surface area contributed by atoms with Crippen molar-refractivity contribution in [2.75, 3.05) is 26.1 Å². The van der Waals surface area contributed by atoms with Crippen LogP contribution in [0.15, 0.2) is 36.4 Å². The van der Waals surface area contributed by atoms with Crippen LogP contribution in [0, 0.1) is 18.8 Å². The number of methoxy groups -OCH3 is 2. The number of ether oxygens (including phenoxy) is 2. The minimum atomic E-state index is -1.45. The number of benzene rings is 2. The number of nitrogens with zero attached hydrogens (tertiary/aromatic N) is 1. The molecule has 4 N–H and O–H groups in total. The van der Waals surface area contributed by atoms with E-state index in [1.54, 1.807) is 25.3 Å². The van der Waals surface area contributed by atoms with Crippen molar-refractivity contribution in [2.45, 2.75) is 31.3 Å². The van der Waals surface area contributed by atoms with Crippen LogP contribution < -0.4 is 25.8 Å². The molecule has 3 aliphatic heterocycles. The summed E-state index contributed by atoms with van der Waals surface area (Å²) in [6, 6.07) is 10.2. The molecule has 4 amide bonds. The third-order valence-electron chi connectivity index (χ3n) is 7.45. The van der Waals surface area contributed by atoms with Crippen molar-refractivity contribution in [3.8, 4) is 11.5 Å². The molecule has 10 heteroatoms. The molecule has 1 spiro atoms. The minimum Gasteiger partial charge on any atom is -0.493 e. The molecule has 2 saturated heterocycles. The highest BCUT2D eigenvalue weighted by Crippen LogP contribution is 2.53. The van der Waals surface area contributed by atoms with Gasteiger partial charge in [-0.1, -0.05) is 23.8 Å². The Kier molecular flexibility index (Phi) is 5.71. The quantitative estimate of drug-likeness (QED) is 0.487. The van der Waals surface area contributed by atoms with Crippen molar-refractivity contribution in [3.63, 3.8) is 0 Å². The summed E-state index contributed by atoms with van der Waals surface area (Å²) in [5.74, 6) is -2.61. The van der Waals surface area contributed by atoms with Crippen LogP contribution in [0.5, 0.6) is 11.5 Å². The average Bonchev–Trinajstić information content (AvgIpc) is 3.41. The topological polar surface area (TPSA) is 140 Å². The first kappa shape index (κ1) is 23.8. The van der Waals surface area contributed by atoms with E-state index in [1.807, 2.05) is 25.1 Å². The SMILES string of the molecule is COc1ccc(CCN2C(=O)[C@H]3[C@@H](C2=O)[C@@]2(N[C@@H]3CC(N)=O)C(=O)Nc3ccc(C)cc32)cc1OC. The molecule has 0 unspecified atom stereocenters. The number of imide groups is 1. The number of nitrogens with one attached hydrogen (secondary N) is 2. The van der Waals surface area contributed by atoms with E-state index in [1.165, 1.54) is 12.0 Å². The second-order valence-electron chi connectivity index (χ2n) is 9.50. The summed E-state index contributed by atoms with van der Waals surface area (Å²) in [6.45, 7) is 2.02. The number of rotatable bonds is 7. The number of hydrogen-bond acceptors (Lipinski definition) is 7. The molecule has 5 rings (SSSR count). The van der Waals surface area contributed by atoms with Crippen LogP contribution in [-0.2, 0) is 31.1 Å². The van der Waals surface area contributed by atoms with Gasteiger partial charge >= 0.3 is 0 Å². The van der Waals surface area contributed by atoms with Crippen LogP contribution in [0.4, 0.5) is 5.69 Å². The van der Waals surface area contributed by atoms with Crippen LogP contribution in [0.25, 0.3) is 0 Å². The van der Waals surface area contributed by atoms with Gasteiger partial charge in [0.25, 0.3) is 0 Å².